The fourth-order valence-corrected chi connectivity index (χ4v) is 1.91. The van der Waals surface area contributed by atoms with E-state index in [0.717, 1.165) is 70.6 Å². The second kappa shape index (κ2) is 16.6. The van der Waals surface area contributed by atoms with Gasteiger partial charge in [0.1, 0.15) is 0 Å². The number of carbonyl (C=O) groups is 1. The monoisotopic (exact) mass is 292 g/mol. The number of carboxylic acids is 1. The second-order valence-corrected chi connectivity index (χ2v) is 5.15. The molecule has 0 radical (unpaired) electrons. The molecule has 0 unspecified atom stereocenters. The van der Waals surface area contributed by atoms with Gasteiger partial charge in [-0.3, -0.25) is 4.79 Å². The van der Waals surface area contributed by atoms with Crippen LogP contribution in [0.3, 0.4) is 0 Å². The summed E-state index contributed by atoms with van der Waals surface area (Å²) in [5, 5.41) is 17.1. The van der Waals surface area contributed by atoms with E-state index in [4.69, 9.17) is 10.2 Å². The summed E-state index contributed by atoms with van der Waals surface area (Å²) < 4.78 is 0. The molecule has 21 heavy (non-hydrogen) atoms. The van der Waals surface area contributed by atoms with E-state index in [2.05, 4.69) is 23.7 Å². The molecule has 0 aromatic heterocycles. The lowest BCUT2D eigenvalue weighted by atomic mass is 10.1. The highest BCUT2D eigenvalue weighted by atomic mass is 16.4. The summed E-state index contributed by atoms with van der Waals surface area (Å²) >= 11 is 0. The van der Waals surface area contributed by atoms with E-state index in [9.17, 15) is 4.79 Å². The van der Waals surface area contributed by atoms with E-state index in [1.54, 1.807) is 0 Å². The molecule has 0 aliphatic rings. The van der Waals surface area contributed by atoms with Crippen molar-refractivity contribution in [3.63, 3.8) is 0 Å². The first-order valence-corrected chi connectivity index (χ1v) is 8.05. The average molecular weight is 292 g/mol. The summed E-state index contributed by atoms with van der Waals surface area (Å²) in [6, 6.07) is 0. The molecule has 0 bridgehead atoms. The molecule has 3 nitrogen and oxygen atoms in total. The van der Waals surface area contributed by atoms with E-state index in [1.165, 1.54) is 0 Å². The van der Waals surface area contributed by atoms with Crippen molar-refractivity contribution < 1.29 is 15.0 Å². The highest BCUT2D eigenvalue weighted by Crippen LogP contribution is 2.06. The van der Waals surface area contributed by atoms with E-state index >= 15 is 0 Å². The van der Waals surface area contributed by atoms with Gasteiger partial charge in [-0.05, 0) is 37.5 Å². The van der Waals surface area contributed by atoms with Crippen LogP contribution in [0.2, 0.25) is 0 Å². The van der Waals surface area contributed by atoms with E-state index in [0.29, 0.717) is 0 Å². The molecule has 0 atom stereocenters. The zero-order valence-electron chi connectivity index (χ0n) is 13.0. The molecule has 3 heteroatoms. The quantitative estimate of drug-likeness (QED) is 0.425. The van der Waals surface area contributed by atoms with Crippen LogP contribution in [0.25, 0.3) is 0 Å². The molecule has 118 valence electrons. The zero-order chi connectivity index (χ0) is 15.6. The molecule has 0 aliphatic heterocycles. The molecule has 0 aromatic rings. The van der Waals surface area contributed by atoms with Gasteiger partial charge in [0.05, 0.1) is 0 Å². The largest absolute Gasteiger partial charge is 0.481 e. The smallest absolute Gasteiger partial charge is 0.303 e. The Balaban J connectivity index is 3.28. The van der Waals surface area contributed by atoms with Crippen molar-refractivity contribution in [1.82, 2.24) is 0 Å². The molecule has 0 aliphatic carbocycles. The molecule has 0 saturated carbocycles. The highest BCUT2D eigenvalue weighted by molar-refractivity contribution is 5.66. The van der Waals surface area contributed by atoms with Crippen molar-refractivity contribution >= 4 is 5.97 Å². The normalized spacial score (nSPS) is 9.38. The number of aliphatic hydroxyl groups is 1. The van der Waals surface area contributed by atoms with Crippen molar-refractivity contribution in [3.05, 3.63) is 0 Å². The van der Waals surface area contributed by atoms with Gasteiger partial charge in [0, 0.05) is 25.9 Å². The third kappa shape index (κ3) is 18.5. The Hall–Kier alpha value is -1.45. The Kier molecular flexibility index (Phi) is 15.5. The standard InChI is InChI=1S/C18H28O3/c19-17-15-13-11-9-7-5-3-1-2-4-6-8-10-12-14-16-18(20)21/h19H,4,6-17H2,(H,20,21). The minimum atomic E-state index is -0.701. The maximum atomic E-state index is 10.3. The Morgan fingerprint density at radius 2 is 1.19 bits per heavy atom. The Labute approximate surface area is 129 Å². The molecule has 0 rings (SSSR count). The Morgan fingerprint density at radius 3 is 1.71 bits per heavy atom. The summed E-state index contributed by atoms with van der Waals surface area (Å²) in [7, 11) is 0. The zero-order valence-corrected chi connectivity index (χ0v) is 13.0. The number of carboxylic acid groups (broad SMARTS) is 1. The van der Waals surface area contributed by atoms with Gasteiger partial charge >= 0.3 is 5.97 Å². The third-order valence-corrected chi connectivity index (χ3v) is 3.14. The molecular formula is C18H28O3. The fourth-order valence-electron chi connectivity index (χ4n) is 1.91. The summed E-state index contributed by atoms with van der Waals surface area (Å²) in [5.74, 6) is 11.2. The third-order valence-electron chi connectivity index (χ3n) is 3.14. The van der Waals surface area contributed by atoms with Crippen molar-refractivity contribution in [2.24, 2.45) is 0 Å². The van der Waals surface area contributed by atoms with Gasteiger partial charge in [0.15, 0.2) is 0 Å². The van der Waals surface area contributed by atoms with Gasteiger partial charge in [-0.1, -0.05) is 43.9 Å². The lowest BCUT2D eigenvalue weighted by molar-refractivity contribution is -0.137. The maximum absolute atomic E-state index is 10.3. The number of rotatable bonds is 12. The van der Waals surface area contributed by atoms with Crippen molar-refractivity contribution in [1.29, 1.82) is 0 Å². The summed E-state index contributed by atoms with van der Waals surface area (Å²) in [6.45, 7) is 0.288. The molecule has 0 fully saturated rings. The predicted octanol–water partition coefficient (Wildman–Crippen LogP) is 3.75. The van der Waals surface area contributed by atoms with Gasteiger partial charge in [0.25, 0.3) is 0 Å². The number of hydrogen-bond acceptors (Lipinski definition) is 2. The summed E-state index contributed by atoms with van der Waals surface area (Å²) in [4.78, 5) is 10.3. The molecular weight excluding hydrogens is 264 g/mol. The topological polar surface area (TPSA) is 57.5 Å². The summed E-state index contributed by atoms with van der Waals surface area (Å²) in [5.41, 5.74) is 0. The molecule has 0 spiro atoms. The van der Waals surface area contributed by atoms with Gasteiger partial charge in [-0.2, -0.15) is 0 Å². The van der Waals surface area contributed by atoms with Crippen LogP contribution in [0.4, 0.5) is 0 Å². The second-order valence-electron chi connectivity index (χ2n) is 5.15. The van der Waals surface area contributed by atoms with Gasteiger partial charge in [-0.25, -0.2) is 0 Å². The minimum Gasteiger partial charge on any atom is -0.481 e. The SMILES string of the molecule is O=C(O)CCCCCCCC#CC#CCCCCCCO. The van der Waals surface area contributed by atoms with E-state index < -0.39 is 5.97 Å². The summed E-state index contributed by atoms with van der Waals surface area (Å²) in [6.07, 6.45) is 11.3. The Bertz CT molecular complexity index is 365. The average Bonchev–Trinajstić information content (AvgIpc) is 2.46. The van der Waals surface area contributed by atoms with Gasteiger partial charge in [-0.15, -0.1) is 0 Å². The van der Waals surface area contributed by atoms with Crippen LogP contribution in [0.5, 0.6) is 0 Å². The highest BCUT2D eigenvalue weighted by Gasteiger charge is 1.95. The minimum absolute atomic E-state index is 0.287. The maximum Gasteiger partial charge on any atom is 0.303 e. The predicted molar refractivity (Wildman–Crippen MR) is 85.7 cm³/mol. The number of hydrogen-bond donors (Lipinski definition) is 2. The number of aliphatic hydroxyl groups excluding tert-OH is 1. The molecule has 0 amide bonds. The van der Waals surface area contributed by atoms with Crippen molar-refractivity contribution in [2.75, 3.05) is 6.61 Å². The van der Waals surface area contributed by atoms with E-state index in [1.807, 2.05) is 0 Å². The fraction of sp³-hybridized carbons (Fsp3) is 0.722. The van der Waals surface area contributed by atoms with Crippen LogP contribution in [0.1, 0.15) is 77.0 Å². The Morgan fingerprint density at radius 1 is 0.714 bits per heavy atom. The van der Waals surface area contributed by atoms with Crippen LogP contribution < -0.4 is 0 Å². The van der Waals surface area contributed by atoms with Crippen LogP contribution in [-0.4, -0.2) is 22.8 Å². The van der Waals surface area contributed by atoms with Crippen LogP contribution >= 0.6 is 0 Å². The number of unbranched alkanes of at least 4 members (excludes halogenated alkanes) is 9. The lowest BCUT2D eigenvalue weighted by Crippen LogP contribution is -1.93. The van der Waals surface area contributed by atoms with Gasteiger partial charge < -0.3 is 10.2 Å². The van der Waals surface area contributed by atoms with E-state index in [-0.39, 0.29) is 13.0 Å². The van der Waals surface area contributed by atoms with Crippen molar-refractivity contribution in [3.8, 4) is 23.7 Å². The molecule has 0 aromatic carbocycles. The first-order valence-electron chi connectivity index (χ1n) is 8.05. The van der Waals surface area contributed by atoms with Gasteiger partial charge in [0.2, 0.25) is 0 Å². The molecule has 2 N–H and O–H groups in total. The van der Waals surface area contributed by atoms with Crippen molar-refractivity contribution in [2.45, 2.75) is 77.0 Å². The first kappa shape index (κ1) is 19.6. The van der Waals surface area contributed by atoms with Crippen LogP contribution in [0, 0.1) is 23.7 Å². The lowest BCUT2D eigenvalue weighted by Gasteiger charge is -1.97. The number of aliphatic carboxylic acids is 1. The van der Waals surface area contributed by atoms with Crippen LogP contribution in [-0.2, 0) is 4.79 Å². The molecule has 0 heterocycles. The first-order chi connectivity index (χ1) is 10.3. The van der Waals surface area contributed by atoms with Crippen LogP contribution in [0.15, 0.2) is 0 Å². The molecule has 0 saturated heterocycles.